The molecule has 0 fully saturated rings. The van der Waals surface area contributed by atoms with Gasteiger partial charge in [-0.15, -0.1) is 0 Å². The van der Waals surface area contributed by atoms with Crippen LogP contribution in [0.1, 0.15) is 25.5 Å². The van der Waals surface area contributed by atoms with Gasteiger partial charge in [-0.25, -0.2) is 0 Å². The molecule has 0 radical (unpaired) electrons. The van der Waals surface area contributed by atoms with Crippen molar-refractivity contribution in [2.45, 2.75) is 19.9 Å². The van der Waals surface area contributed by atoms with Gasteiger partial charge in [-0.05, 0) is 19.5 Å². The quantitative estimate of drug-likeness (QED) is 0.823. The summed E-state index contributed by atoms with van der Waals surface area (Å²) in [7, 11) is 1.62. The van der Waals surface area contributed by atoms with Gasteiger partial charge in [-0.1, -0.05) is 25.1 Å². The molecule has 17 heavy (non-hydrogen) atoms. The number of carboxylic acid groups (broad SMARTS) is 1. The molecule has 0 amide bonds. The molecule has 94 valence electrons. The Morgan fingerprint density at radius 3 is 2.65 bits per heavy atom. The monoisotopic (exact) mass is 237 g/mol. The maximum Gasteiger partial charge on any atom is 0.317 e. The number of ether oxygens (including phenoxy) is 1. The van der Waals surface area contributed by atoms with Crippen molar-refractivity contribution in [2.75, 3.05) is 20.2 Å². The zero-order chi connectivity index (χ0) is 12.8. The number of rotatable bonds is 6. The number of likely N-dealkylation sites (N-methyl/N-ethyl adjacent to an activating group) is 1. The zero-order valence-corrected chi connectivity index (χ0v) is 10.5. The summed E-state index contributed by atoms with van der Waals surface area (Å²) in [5, 5.41) is 8.86. The highest BCUT2D eigenvalue weighted by Gasteiger charge is 2.19. The topological polar surface area (TPSA) is 49.8 Å². The average molecular weight is 237 g/mol. The first-order chi connectivity index (χ1) is 8.10. The van der Waals surface area contributed by atoms with Crippen molar-refractivity contribution in [3.8, 4) is 5.75 Å². The van der Waals surface area contributed by atoms with Gasteiger partial charge in [0, 0.05) is 11.6 Å². The summed E-state index contributed by atoms with van der Waals surface area (Å²) in [5.41, 5.74) is 1.01. The van der Waals surface area contributed by atoms with E-state index in [0.29, 0.717) is 6.54 Å². The second kappa shape index (κ2) is 6.25. The number of hydrogen-bond acceptors (Lipinski definition) is 3. The van der Waals surface area contributed by atoms with E-state index in [9.17, 15) is 4.79 Å². The van der Waals surface area contributed by atoms with Gasteiger partial charge in [0.25, 0.3) is 0 Å². The number of nitrogens with zero attached hydrogens (tertiary/aromatic N) is 1. The van der Waals surface area contributed by atoms with E-state index < -0.39 is 5.97 Å². The Hall–Kier alpha value is -1.55. The van der Waals surface area contributed by atoms with E-state index in [-0.39, 0.29) is 12.6 Å². The second-order valence-electron chi connectivity index (χ2n) is 3.87. The van der Waals surface area contributed by atoms with Crippen LogP contribution in [0.5, 0.6) is 5.75 Å². The number of benzene rings is 1. The molecule has 1 aromatic carbocycles. The first-order valence-electron chi connectivity index (χ1n) is 5.68. The fraction of sp³-hybridized carbons (Fsp3) is 0.462. The fourth-order valence-electron chi connectivity index (χ4n) is 1.90. The third-order valence-electron chi connectivity index (χ3n) is 2.88. The molecule has 0 saturated heterocycles. The minimum absolute atomic E-state index is 0.0206. The van der Waals surface area contributed by atoms with Gasteiger partial charge in [0.05, 0.1) is 13.7 Å². The lowest BCUT2D eigenvalue weighted by molar-refractivity contribution is -0.138. The van der Waals surface area contributed by atoms with Crippen LogP contribution in [0.2, 0.25) is 0 Å². The Balaban J connectivity index is 2.92. The standard InChI is InChI=1S/C13H19NO3/c1-4-14(9-13(15)16)10(2)11-7-5-6-8-12(11)17-3/h5-8,10H,4,9H2,1-3H3,(H,15,16)/t10-/m0/s1. The van der Waals surface area contributed by atoms with Crippen LogP contribution in [-0.4, -0.2) is 36.2 Å². The van der Waals surface area contributed by atoms with E-state index in [1.54, 1.807) is 7.11 Å². The van der Waals surface area contributed by atoms with Crippen molar-refractivity contribution in [3.05, 3.63) is 29.8 Å². The first kappa shape index (κ1) is 13.5. The van der Waals surface area contributed by atoms with E-state index in [4.69, 9.17) is 9.84 Å². The van der Waals surface area contributed by atoms with Gasteiger partial charge in [0.2, 0.25) is 0 Å². The van der Waals surface area contributed by atoms with Crippen LogP contribution in [-0.2, 0) is 4.79 Å². The lowest BCUT2D eigenvalue weighted by atomic mass is 10.1. The van der Waals surface area contributed by atoms with Crippen molar-refractivity contribution in [1.29, 1.82) is 0 Å². The predicted molar refractivity (Wildman–Crippen MR) is 66.3 cm³/mol. The molecule has 0 unspecified atom stereocenters. The maximum absolute atomic E-state index is 10.8. The summed E-state index contributed by atoms with van der Waals surface area (Å²) >= 11 is 0. The SMILES string of the molecule is CCN(CC(=O)O)[C@@H](C)c1ccccc1OC. The van der Waals surface area contributed by atoms with E-state index in [0.717, 1.165) is 11.3 Å². The molecule has 0 aliphatic heterocycles. The molecule has 0 spiro atoms. The maximum atomic E-state index is 10.8. The second-order valence-corrected chi connectivity index (χ2v) is 3.87. The Morgan fingerprint density at radius 2 is 2.12 bits per heavy atom. The number of methoxy groups -OCH3 is 1. The van der Waals surface area contributed by atoms with Crippen LogP contribution >= 0.6 is 0 Å². The summed E-state index contributed by atoms with van der Waals surface area (Å²) in [6.07, 6.45) is 0. The highest BCUT2D eigenvalue weighted by Crippen LogP contribution is 2.28. The number of carbonyl (C=O) groups is 1. The van der Waals surface area contributed by atoms with Crippen molar-refractivity contribution in [1.82, 2.24) is 4.90 Å². The highest BCUT2D eigenvalue weighted by molar-refractivity contribution is 5.69. The van der Waals surface area contributed by atoms with Crippen molar-refractivity contribution in [2.24, 2.45) is 0 Å². The molecule has 0 aliphatic rings. The van der Waals surface area contributed by atoms with Gasteiger partial charge in [0.1, 0.15) is 5.75 Å². The Bertz CT molecular complexity index is 379. The Labute approximate surface area is 102 Å². The zero-order valence-electron chi connectivity index (χ0n) is 10.5. The van der Waals surface area contributed by atoms with Crippen molar-refractivity contribution in [3.63, 3.8) is 0 Å². The van der Waals surface area contributed by atoms with Crippen LogP contribution in [0.4, 0.5) is 0 Å². The summed E-state index contributed by atoms with van der Waals surface area (Å²) < 4.78 is 5.29. The van der Waals surface area contributed by atoms with Crippen LogP contribution in [0.3, 0.4) is 0 Å². The summed E-state index contributed by atoms with van der Waals surface area (Å²) in [4.78, 5) is 12.7. The third kappa shape index (κ3) is 3.46. The van der Waals surface area contributed by atoms with Crippen LogP contribution in [0.25, 0.3) is 0 Å². The Kier molecular flexibility index (Phi) is 4.97. The summed E-state index contributed by atoms with van der Waals surface area (Å²) in [5.74, 6) is -0.0163. The largest absolute Gasteiger partial charge is 0.496 e. The number of hydrogen-bond donors (Lipinski definition) is 1. The van der Waals surface area contributed by atoms with Crippen LogP contribution < -0.4 is 4.74 Å². The molecule has 4 nitrogen and oxygen atoms in total. The predicted octanol–water partition coefficient (Wildman–Crippen LogP) is 2.16. The number of para-hydroxylation sites is 1. The molecule has 1 N–H and O–H groups in total. The third-order valence-corrected chi connectivity index (χ3v) is 2.88. The molecule has 0 saturated carbocycles. The van der Waals surface area contributed by atoms with Crippen molar-refractivity contribution >= 4 is 5.97 Å². The number of aliphatic carboxylic acids is 1. The molecular formula is C13H19NO3. The molecule has 4 heteroatoms. The lowest BCUT2D eigenvalue weighted by Gasteiger charge is -2.27. The molecule has 0 aromatic heterocycles. The van der Waals surface area contributed by atoms with Gasteiger partial charge in [-0.3, -0.25) is 9.69 Å². The molecule has 1 aromatic rings. The summed E-state index contributed by atoms with van der Waals surface area (Å²) in [6.45, 7) is 4.67. The van der Waals surface area contributed by atoms with Gasteiger partial charge >= 0.3 is 5.97 Å². The average Bonchev–Trinajstić information content (AvgIpc) is 2.34. The fourth-order valence-corrected chi connectivity index (χ4v) is 1.90. The molecule has 1 atom stereocenters. The molecular weight excluding hydrogens is 218 g/mol. The van der Waals surface area contributed by atoms with Crippen molar-refractivity contribution < 1.29 is 14.6 Å². The normalized spacial score (nSPS) is 12.5. The lowest BCUT2D eigenvalue weighted by Crippen LogP contribution is -2.32. The van der Waals surface area contributed by atoms with E-state index >= 15 is 0 Å². The minimum Gasteiger partial charge on any atom is -0.496 e. The highest BCUT2D eigenvalue weighted by atomic mass is 16.5. The van der Waals surface area contributed by atoms with E-state index in [1.165, 1.54) is 0 Å². The van der Waals surface area contributed by atoms with Gasteiger partial charge in [0.15, 0.2) is 0 Å². The minimum atomic E-state index is -0.811. The number of carboxylic acids is 1. The molecule has 1 rings (SSSR count). The van der Waals surface area contributed by atoms with Crippen LogP contribution in [0, 0.1) is 0 Å². The van der Waals surface area contributed by atoms with E-state index in [1.807, 2.05) is 43.0 Å². The molecule has 0 aliphatic carbocycles. The Morgan fingerprint density at radius 1 is 1.47 bits per heavy atom. The molecule has 0 heterocycles. The van der Waals surface area contributed by atoms with E-state index in [2.05, 4.69) is 0 Å². The smallest absolute Gasteiger partial charge is 0.317 e. The summed E-state index contributed by atoms with van der Waals surface area (Å²) in [6, 6.07) is 7.71. The molecule has 0 bridgehead atoms. The first-order valence-corrected chi connectivity index (χ1v) is 5.68. The van der Waals surface area contributed by atoms with Crippen LogP contribution in [0.15, 0.2) is 24.3 Å². The van der Waals surface area contributed by atoms with Gasteiger partial charge < -0.3 is 9.84 Å². The van der Waals surface area contributed by atoms with Gasteiger partial charge in [-0.2, -0.15) is 0 Å².